The molecule has 0 aliphatic carbocycles. The molecule has 13 heavy (non-hydrogen) atoms. The summed E-state index contributed by atoms with van der Waals surface area (Å²) in [6.07, 6.45) is 0. The fourth-order valence-electron chi connectivity index (χ4n) is 0.102. The maximum absolute atomic E-state index is 9.38. The Morgan fingerprint density at radius 1 is 0.846 bits per heavy atom. The van der Waals surface area contributed by atoms with Crippen LogP contribution in [0.1, 0.15) is 0 Å². The van der Waals surface area contributed by atoms with Gasteiger partial charge in [-0.1, -0.05) is 0 Å². The van der Waals surface area contributed by atoms with Gasteiger partial charge in [-0.25, -0.2) is 0 Å². The second-order valence-corrected chi connectivity index (χ2v) is 4.52. The molecule has 9 nitrogen and oxygen atoms in total. The van der Waals surface area contributed by atoms with E-state index in [0.29, 0.717) is 0 Å². The van der Waals surface area contributed by atoms with E-state index in [1.165, 1.54) is 0 Å². The van der Waals surface area contributed by atoms with Crippen molar-refractivity contribution < 1.29 is 167 Å². The molecule has 0 saturated heterocycles. The maximum atomic E-state index is 9.38. The molecular formula is H2Cr2K2O9. The number of hydrogen-bond acceptors (Lipinski definition) is 9. The van der Waals surface area contributed by atoms with Crippen molar-refractivity contribution in [1.82, 2.24) is 0 Å². The molecule has 0 fully saturated rings. The van der Waals surface area contributed by atoms with Crippen LogP contribution in [0.5, 0.6) is 0 Å². The Labute approximate surface area is 162 Å². The van der Waals surface area contributed by atoms with Crippen LogP contribution in [-0.2, 0) is 45.3 Å². The van der Waals surface area contributed by atoms with Crippen molar-refractivity contribution >= 4 is 0 Å². The standard InChI is InChI=1S/2Cr.2K.H2O2.7O/c;;;;1-2;;;;;;;/h;;;;1-2H;;;;;;;/q;;2*+1;;;;;;;2*-1. The summed E-state index contributed by atoms with van der Waals surface area (Å²) in [7, 11) is 0. The van der Waals surface area contributed by atoms with E-state index in [0.717, 1.165) is 0 Å². The summed E-state index contributed by atoms with van der Waals surface area (Å²) in [5.41, 5.74) is 0. The zero-order valence-electron chi connectivity index (χ0n) is 6.57. The van der Waals surface area contributed by atoms with E-state index in [1.54, 1.807) is 0 Å². The van der Waals surface area contributed by atoms with Crippen LogP contribution in [0.25, 0.3) is 0 Å². The second-order valence-electron chi connectivity index (χ2n) is 0.885. The van der Waals surface area contributed by atoms with E-state index in [-0.39, 0.29) is 103 Å². The monoisotopic (exact) mass is 328 g/mol. The first-order valence-electron chi connectivity index (χ1n) is 1.53. The van der Waals surface area contributed by atoms with E-state index < -0.39 is 27.2 Å². The zero-order valence-corrected chi connectivity index (χ0v) is 15.4. The molecular weight excluding hydrogens is 326 g/mol. The van der Waals surface area contributed by atoms with Crippen molar-refractivity contribution in [2.24, 2.45) is 0 Å². The molecule has 0 aromatic carbocycles. The van der Waals surface area contributed by atoms with Crippen LogP contribution < -0.4 is 111 Å². The van der Waals surface area contributed by atoms with Gasteiger partial charge in [0.2, 0.25) is 0 Å². The number of hydrogen-bond donors (Lipinski definition) is 2. The van der Waals surface area contributed by atoms with Gasteiger partial charge in [0.15, 0.2) is 0 Å². The van der Waals surface area contributed by atoms with Crippen LogP contribution in [0.2, 0.25) is 0 Å². The Bertz CT molecular complexity index is 241. The van der Waals surface area contributed by atoms with E-state index in [9.17, 15) is 23.5 Å². The van der Waals surface area contributed by atoms with Gasteiger partial charge in [0.05, 0.1) is 0 Å². The average molecular weight is 328 g/mol. The van der Waals surface area contributed by atoms with Gasteiger partial charge in [0.25, 0.3) is 0 Å². The van der Waals surface area contributed by atoms with Gasteiger partial charge in [-0.3, -0.25) is 10.5 Å². The van der Waals surface area contributed by atoms with E-state index in [2.05, 4.69) is 2.84 Å². The van der Waals surface area contributed by atoms with Gasteiger partial charge in [0.1, 0.15) is 0 Å². The molecule has 0 rings (SSSR count). The van der Waals surface area contributed by atoms with Crippen molar-refractivity contribution in [2.45, 2.75) is 0 Å². The van der Waals surface area contributed by atoms with Gasteiger partial charge in [0, 0.05) is 0 Å². The van der Waals surface area contributed by atoms with E-state index in [4.69, 9.17) is 10.5 Å². The van der Waals surface area contributed by atoms with Gasteiger partial charge < -0.3 is 0 Å². The van der Waals surface area contributed by atoms with Crippen LogP contribution in [-0.4, -0.2) is 10.5 Å². The van der Waals surface area contributed by atoms with E-state index >= 15 is 0 Å². The Kier molecular flexibility index (Phi) is 22.9. The third kappa shape index (κ3) is 31.3. The Morgan fingerprint density at radius 3 is 1.00 bits per heavy atom. The molecule has 0 bridgehead atoms. The molecule has 0 aliphatic rings. The van der Waals surface area contributed by atoms with Crippen molar-refractivity contribution in [3.05, 3.63) is 0 Å². The third-order valence-corrected chi connectivity index (χ3v) is 2.83. The van der Waals surface area contributed by atoms with Crippen LogP contribution in [0.4, 0.5) is 0 Å². The minimum atomic E-state index is -6.07. The summed E-state index contributed by atoms with van der Waals surface area (Å²) >= 11 is -12.1. The molecule has 2 N–H and O–H groups in total. The van der Waals surface area contributed by atoms with Crippen LogP contribution in [0, 0.1) is 0 Å². The second kappa shape index (κ2) is 11.8. The van der Waals surface area contributed by atoms with Crippen molar-refractivity contribution in [3.63, 3.8) is 0 Å². The first-order chi connectivity index (χ1) is 4.71. The molecule has 0 atom stereocenters. The van der Waals surface area contributed by atoms with Gasteiger partial charge in [-0.05, 0) is 0 Å². The molecule has 0 saturated carbocycles. The Balaban J connectivity index is -0.0000000941. The Morgan fingerprint density at radius 2 is 1.00 bits per heavy atom. The molecule has 0 spiro atoms. The predicted octanol–water partition coefficient (Wildman–Crippen LogP) is -8.90. The first kappa shape index (κ1) is 25.2. The molecule has 0 amide bonds. The normalized spacial score (nSPS) is 9.85. The summed E-state index contributed by atoms with van der Waals surface area (Å²) < 4.78 is 58.9. The molecule has 0 radical (unpaired) electrons. The van der Waals surface area contributed by atoms with Crippen LogP contribution >= 0.6 is 0 Å². The van der Waals surface area contributed by atoms with Crippen molar-refractivity contribution in [2.75, 3.05) is 0 Å². The summed E-state index contributed by atoms with van der Waals surface area (Å²) in [5.74, 6) is 0. The van der Waals surface area contributed by atoms with Gasteiger partial charge in [-0.2, -0.15) is 0 Å². The molecule has 13 heteroatoms. The molecule has 0 aliphatic heterocycles. The number of rotatable bonds is 2. The first-order valence-corrected chi connectivity index (χ1v) is 5.70. The summed E-state index contributed by atoms with van der Waals surface area (Å²) in [6, 6.07) is 0. The van der Waals surface area contributed by atoms with Gasteiger partial charge in [-0.15, -0.1) is 0 Å². The average Bonchev–Trinajstić information content (AvgIpc) is 1.60. The minimum absolute atomic E-state index is 0. The molecule has 0 aromatic rings. The Hall–Kier alpha value is 3.34. The molecule has 0 aromatic heterocycles. The SMILES string of the molecule is OO.[K+].[K+].[O]=[Cr](=[O])([O-])[O][Cr](=[O])(=[O])[O-]. The molecule has 0 unspecified atom stereocenters. The van der Waals surface area contributed by atoms with Crippen LogP contribution in [0.3, 0.4) is 0 Å². The van der Waals surface area contributed by atoms with E-state index in [1.807, 2.05) is 0 Å². The predicted molar refractivity (Wildman–Crippen MR) is 9.09 cm³/mol. The summed E-state index contributed by atoms with van der Waals surface area (Å²) in [5, 5.41) is 12.0. The fourth-order valence-corrected chi connectivity index (χ4v) is 1.74. The molecule has 70 valence electrons. The van der Waals surface area contributed by atoms with Crippen molar-refractivity contribution in [1.29, 1.82) is 0 Å². The topological polar surface area (TPSA) is 164 Å². The summed E-state index contributed by atoms with van der Waals surface area (Å²) in [6.45, 7) is 0. The van der Waals surface area contributed by atoms with Crippen molar-refractivity contribution in [3.8, 4) is 0 Å². The third-order valence-electron chi connectivity index (χ3n) is 0.167. The van der Waals surface area contributed by atoms with Gasteiger partial charge >= 0.3 is 156 Å². The fraction of sp³-hybridized carbons (Fsp3) is 0. The molecule has 0 heterocycles. The zero-order chi connectivity index (χ0) is 9.71. The quantitative estimate of drug-likeness (QED) is 0.284. The summed E-state index contributed by atoms with van der Waals surface area (Å²) in [4.78, 5) is 0. The van der Waals surface area contributed by atoms with Crippen LogP contribution in [0.15, 0.2) is 0 Å².